The van der Waals surface area contributed by atoms with Crippen molar-refractivity contribution in [3.8, 4) is 11.1 Å². The van der Waals surface area contributed by atoms with Crippen molar-refractivity contribution < 1.29 is 4.39 Å². The van der Waals surface area contributed by atoms with Crippen LogP contribution in [0.4, 0.5) is 22.0 Å². The van der Waals surface area contributed by atoms with Crippen LogP contribution in [0.3, 0.4) is 0 Å². The Hall–Kier alpha value is -4.07. The number of hydrogen-bond donors (Lipinski definition) is 2. The van der Waals surface area contributed by atoms with Gasteiger partial charge >= 0.3 is 0 Å². The zero-order chi connectivity index (χ0) is 21.5. The highest BCUT2D eigenvalue weighted by atomic mass is 19.1. The highest BCUT2D eigenvalue weighted by molar-refractivity contribution is 5.87. The fraction of sp³-hybridized carbons (Fsp3) is 0.130. The first kappa shape index (κ1) is 18.9. The quantitative estimate of drug-likeness (QED) is 0.439. The van der Waals surface area contributed by atoms with E-state index in [1.165, 1.54) is 0 Å². The molecule has 0 saturated carbocycles. The van der Waals surface area contributed by atoms with Gasteiger partial charge in [0, 0.05) is 60.2 Å². The molecule has 5 rings (SSSR count). The topological polar surface area (TPSA) is 82.6 Å². The summed E-state index contributed by atoms with van der Waals surface area (Å²) in [6.45, 7) is 1.90. The van der Waals surface area contributed by atoms with E-state index >= 15 is 0 Å². The van der Waals surface area contributed by atoms with E-state index in [1.807, 2.05) is 50.2 Å². The lowest BCUT2D eigenvalue weighted by Gasteiger charge is -2.10. The van der Waals surface area contributed by atoms with Crippen LogP contribution in [0.5, 0.6) is 0 Å². The van der Waals surface area contributed by atoms with Crippen LogP contribution in [0.15, 0.2) is 55.0 Å². The standard InChI is InChI=1S/C23H20FN7/c1-13-8-17-18(28-13)6-7-19(21(17)24)29-22-25-10-15-5-4-14(9-20(15)30-22)16-11-26-23(27-12-16)31(2)3/h4-12,28H,1-3H3,(H,25,29,30). The van der Waals surface area contributed by atoms with Gasteiger partial charge in [0.2, 0.25) is 11.9 Å². The Balaban J connectivity index is 1.48. The van der Waals surface area contributed by atoms with Crippen molar-refractivity contribution >= 4 is 39.4 Å². The van der Waals surface area contributed by atoms with Crippen LogP contribution in [-0.4, -0.2) is 39.0 Å². The van der Waals surface area contributed by atoms with Gasteiger partial charge in [0.15, 0.2) is 5.82 Å². The van der Waals surface area contributed by atoms with Crippen LogP contribution < -0.4 is 10.2 Å². The summed E-state index contributed by atoms with van der Waals surface area (Å²) >= 11 is 0. The number of anilines is 3. The summed E-state index contributed by atoms with van der Waals surface area (Å²) in [7, 11) is 3.79. The summed E-state index contributed by atoms with van der Waals surface area (Å²) in [6.07, 6.45) is 5.29. The molecule has 154 valence electrons. The van der Waals surface area contributed by atoms with E-state index in [1.54, 1.807) is 30.7 Å². The van der Waals surface area contributed by atoms with Crippen LogP contribution >= 0.6 is 0 Å². The predicted molar refractivity (Wildman–Crippen MR) is 121 cm³/mol. The third-order valence-corrected chi connectivity index (χ3v) is 5.07. The van der Waals surface area contributed by atoms with E-state index in [0.717, 1.165) is 33.2 Å². The molecule has 0 unspecified atom stereocenters. The van der Waals surface area contributed by atoms with Crippen molar-refractivity contribution in [2.45, 2.75) is 6.92 Å². The maximum absolute atomic E-state index is 14.9. The van der Waals surface area contributed by atoms with E-state index in [2.05, 4.69) is 30.2 Å². The summed E-state index contributed by atoms with van der Waals surface area (Å²) in [6, 6.07) is 11.2. The minimum atomic E-state index is -0.336. The Kier molecular flexibility index (Phi) is 4.47. The van der Waals surface area contributed by atoms with E-state index in [4.69, 9.17) is 0 Å². The van der Waals surface area contributed by atoms with Crippen LogP contribution in [0, 0.1) is 12.7 Å². The Morgan fingerprint density at radius 1 is 0.935 bits per heavy atom. The van der Waals surface area contributed by atoms with Crippen LogP contribution in [0.2, 0.25) is 0 Å². The summed E-state index contributed by atoms with van der Waals surface area (Å²) in [4.78, 5) is 22.6. The zero-order valence-electron chi connectivity index (χ0n) is 17.3. The monoisotopic (exact) mass is 413 g/mol. The molecule has 8 heteroatoms. The molecular formula is C23H20FN7. The minimum absolute atomic E-state index is 0.328. The lowest BCUT2D eigenvalue weighted by atomic mass is 10.1. The smallest absolute Gasteiger partial charge is 0.227 e. The Morgan fingerprint density at radius 2 is 1.74 bits per heavy atom. The third-order valence-electron chi connectivity index (χ3n) is 5.07. The Labute approximate surface area is 178 Å². The molecule has 3 heterocycles. The average Bonchev–Trinajstić information content (AvgIpc) is 3.16. The molecule has 7 nitrogen and oxygen atoms in total. The molecule has 31 heavy (non-hydrogen) atoms. The molecule has 0 amide bonds. The van der Waals surface area contributed by atoms with Gasteiger partial charge in [-0.25, -0.2) is 24.3 Å². The molecule has 0 spiro atoms. The van der Waals surface area contributed by atoms with E-state index in [9.17, 15) is 4.39 Å². The molecule has 2 aromatic carbocycles. The van der Waals surface area contributed by atoms with Crippen molar-refractivity contribution in [2.24, 2.45) is 0 Å². The number of rotatable bonds is 4. The van der Waals surface area contributed by atoms with Crippen LogP contribution in [-0.2, 0) is 0 Å². The molecule has 0 aliphatic carbocycles. The van der Waals surface area contributed by atoms with Crippen LogP contribution in [0.25, 0.3) is 32.9 Å². The fourth-order valence-corrected chi connectivity index (χ4v) is 3.49. The molecule has 5 aromatic rings. The Morgan fingerprint density at radius 3 is 2.52 bits per heavy atom. The SMILES string of the molecule is Cc1cc2c(F)c(Nc3ncc4ccc(-c5cnc(N(C)C)nc5)cc4n3)ccc2[nH]1. The summed E-state index contributed by atoms with van der Waals surface area (Å²) < 4.78 is 14.9. The number of nitrogens with one attached hydrogen (secondary N) is 2. The molecule has 0 fully saturated rings. The Bertz CT molecular complexity index is 1410. The lowest BCUT2D eigenvalue weighted by Crippen LogP contribution is -2.12. The molecule has 0 atom stereocenters. The molecule has 2 N–H and O–H groups in total. The van der Waals surface area contributed by atoms with Crippen molar-refractivity contribution in [1.82, 2.24) is 24.9 Å². The highest BCUT2D eigenvalue weighted by Gasteiger charge is 2.11. The second-order valence-corrected chi connectivity index (χ2v) is 7.60. The van der Waals surface area contributed by atoms with Gasteiger partial charge < -0.3 is 15.2 Å². The number of nitrogens with zero attached hydrogens (tertiary/aromatic N) is 5. The van der Waals surface area contributed by atoms with Crippen molar-refractivity contribution in [2.75, 3.05) is 24.3 Å². The summed E-state index contributed by atoms with van der Waals surface area (Å²) in [5, 5.41) is 4.42. The van der Waals surface area contributed by atoms with Gasteiger partial charge in [-0.3, -0.25) is 0 Å². The van der Waals surface area contributed by atoms with Crippen molar-refractivity contribution in [3.05, 3.63) is 66.5 Å². The van der Waals surface area contributed by atoms with Gasteiger partial charge in [-0.2, -0.15) is 0 Å². The van der Waals surface area contributed by atoms with Gasteiger partial charge in [0.25, 0.3) is 0 Å². The second kappa shape index (κ2) is 7.32. The number of aryl methyl sites for hydroxylation is 1. The number of hydrogen-bond acceptors (Lipinski definition) is 6. The fourth-order valence-electron chi connectivity index (χ4n) is 3.49. The average molecular weight is 413 g/mol. The lowest BCUT2D eigenvalue weighted by molar-refractivity contribution is 0.643. The van der Waals surface area contributed by atoms with Gasteiger partial charge in [0.1, 0.15) is 0 Å². The zero-order valence-corrected chi connectivity index (χ0v) is 17.3. The minimum Gasteiger partial charge on any atom is -0.359 e. The number of aromatic nitrogens is 5. The van der Waals surface area contributed by atoms with Crippen molar-refractivity contribution in [1.29, 1.82) is 0 Å². The highest BCUT2D eigenvalue weighted by Crippen LogP contribution is 2.28. The second-order valence-electron chi connectivity index (χ2n) is 7.60. The van der Waals surface area contributed by atoms with E-state index in [-0.39, 0.29) is 5.82 Å². The molecular weight excluding hydrogens is 393 g/mol. The predicted octanol–water partition coefficient (Wildman–Crippen LogP) is 4.83. The third kappa shape index (κ3) is 3.52. The number of benzene rings is 2. The maximum atomic E-state index is 14.9. The maximum Gasteiger partial charge on any atom is 0.227 e. The number of fused-ring (bicyclic) bond motifs is 2. The first-order valence-corrected chi connectivity index (χ1v) is 9.79. The normalized spacial score (nSPS) is 11.2. The molecule has 0 radical (unpaired) electrons. The summed E-state index contributed by atoms with van der Waals surface area (Å²) in [5.41, 5.74) is 4.56. The molecule has 0 bridgehead atoms. The summed E-state index contributed by atoms with van der Waals surface area (Å²) in [5.74, 6) is 0.641. The van der Waals surface area contributed by atoms with Gasteiger partial charge in [0.05, 0.1) is 11.2 Å². The largest absolute Gasteiger partial charge is 0.359 e. The van der Waals surface area contributed by atoms with Crippen LogP contribution in [0.1, 0.15) is 5.69 Å². The first-order valence-electron chi connectivity index (χ1n) is 9.79. The molecule has 0 saturated heterocycles. The number of halogens is 1. The number of H-pyrrole nitrogens is 1. The van der Waals surface area contributed by atoms with Gasteiger partial charge in [-0.15, -0.1) is 0 Å². The van der Waals surface area contributed by atoms with Gasteiger partial charge in [-0.05, 0) is 36.8 Å². The molecule has 0 aliphatic rings. The molecule has 3 aromatic heterocycles. The van der Waals surface area contributed by atoms with E-state index in [0.29, 0.717) is 23.0 Å². The number of aromatic amines is 1. The van der Waals surface area contributed by atoms with Gasteiger partial charge in [-0.1, -0.05) is 12.1 Å². The van der Waals surface area contributed by atoms with Crippen molar-refractivity contribution in [3.63, 3.8) is 0 Å². The van der Waals surface area contributed by atoms with E-state index < -0.39 is 0 Å². The first-order chi connectivity index (χ1) is 15.0. The molecule has 0 aliphatic heterocycles.